The molecule has 0 bridgehead atoms. The molecule has 0 aliphatic carbocycles. The number of hydrogen-bond acceptors (Lipinski definition) is 3. The molecule has 0 spiro atoms. The quantitative estimate of drug-likeness (QED) is 0.729. The van der Waals surface area contributed by atoms with E-state index in [1.165, 1.54) is 11.1 Å². The number of aliphatic hydroxyl groups excluding tert-OH is 2. The van der Waals surface area contributed by atoms with Gasteiger partial charge >= 0.3 is 0 Å². The van der Waals surface area contributed by atoms with Crippen molar-refractivity contribution < 1.29 is 10.2 Å². The largest absolute Gasteiger partial charge is 0.394 e. The Morgan fingerprint density at radius 1 is 0.870 bits per heavy atom. The molecule has 124 valence electrons. The minimum Gasteiger partial charge on any atom is -0.394 e. The molecule has 0 saturated carbocycles. The lowest BCUT2D eigenvalue weighted by Gasteiger charge is -2.22. The summed E-state index contributed by atoms with van der Waals surface area (Å²) < 4.78 is 0. The smallest absolute Gasteiger partial charge is 0.0861 e. The number of rotatable bonds is 9. The van der Waals surface area contributed by atoms with E-state index in [1.807, 2.05) is 6.07 Å². The average molecular weight is 330 g/mol. The first-order chi connectivity index (χ1) is 11.2. The van der Waals surface area contributed by atoms with Crippen LogP contribution in [0.2, 0.25) is 0 Å². The second kappa shape index (κ2) is 9.76. The molecule has 2 aromatic carbocycles. The predicted octanol–water partition coefficient (Wildman–Crippen LogP) is 4.05. The molecular weight excluding hydrogens is 304 g/mol. The number of benzene rings is 2. The van der Waals surface area contributed by atoms with E-state index in [0.29, 0.717) is 17.6 Å². The van der Waals surface area contributed by atoms with Crippen molar-refractivity contribution in [2.75, 3.05) is 18.1 Å². The maximum atomic E-state index is 9.53. The minimum absolute atomic E-state index is 0.163. The summed E-state index contributed by atoms with van der Waals surface area (Å²) in [6.45, 7) is 2.11. The highest BCUT2D eigenvalue weighted by molar-refractivity contribution is 7.99. The summed E-state index contributed by atoms with van der Waals surface area (Å²) in [5, 5.41) is 18.5. The third kappa shape index (κ3) is 6.02. The van der Waals surface area contributed by atoms with Gasteiger partial charge in [0.15, 0.2) is 0 Å². The van der Waals surface area contributed by atoms with Crippen LogP contribution < -0.4 is 0 Å². The monoisotopic (exact) mass is 330 g/mol. The highest BCUT2D eigenvalue weighted by atomic mass is 32.2. The van der Waals surface area contributed by atoms with Crippen LogP contribution in [0, 0.1) is 0 Å². The van der Waals surface area contributed by atoms with E-state index < -0.39 is 6.10 Å². The van der Waals surface area contributed by atoms with Crippen LogP contribution >= 0.6 is 11.8 Å². The third-order valence-corrected chi connectivity index (χ3v) is 5.38. The van der Waals surface area contributed by atoms with E-state index in [9.17, 15) is 5.11 Å². The molecule has 0 radical (unpaired) electrons. The Bertz CT molecular complexity index is 544. The normalized spacial score (nSPS) is 15.1. The van der Waals surface area contributed by atoms with Gasteiger partial charge in [-0.2, -0.15) is 11.8 Å². The Morgan fingerprint density at radius 3 is 2.00 bits per heavy atom. The fourth-order valence-electron chi connectivity index (χ4n) is 2.77. The van der Waals surface area contributed by atoms with Gasteiger partial charge < -0.3 is 10.2 Å². The van der Waals surface area contributed by atoms with Gasteiger partial charge in [0.05, 0.1) is 12.7 Å². The van der Waals surface area contributed by atoms with Crippen LogP contribution in [-0.4, -0.2) is 34.4 Å². The molecular formula is C20H26O2S. The van der Waals surface area contributed by atoms with E-state index in [1.54, 1.807) is 11.8 Å². The van der Waals surface area contributed by atoms with E-state index in [4.69, 9.17) is 5.11 Å². The molecule has 0 aromatic heterocycles. The van der Waals surface area contributed by atoms with Crippen molar-refractivity contribution in [2.24, 2.45) is 0 Å². The zero-order valence-electron chi connectivity index (χ0n) is 13.6. The molecule has 0 amide bonds. The maximum Gasteiger partial charge on any atom is 0.0861 e. The molecule has 2 aromatic rings. The standard InChI is InChI=1S/C20H26O2S/c1-16(17-8-4-2-5-9-17)12-19(14-23-15-20(22)13-21)18-10-6-3-7-11-18/h2-11,16,19-22H,12-15H2,1H3. The SMILES string of the molecule is CC(CC(CSCC(O)CO)c1ccccc1)c1ccccc1. The Balaban J connectivity index is 2.01. The van der Waals surface area contributed by atoms with Gasteiger partial charge in [-0.1, -0.05) is 67.6 Å². The Morgan fingerprint density at radius 2 is 1.43 bits per heavy atom. The Hall–Kier alpha value is -1.29. The van der Waals surface area contributed by atoms with Crippen molar-refractivity contribution in [1.82, 2.24) is 0 Å². The van der Waals surface area contributed by atoms with Crippen molar-refractivity contribution >= 4 is 11.8 Å². The first kappa shape index (κ1) is 18.1. The van der Waals surface area contributed by atoms with Gasteiger partial charge in [-0.3, -0.25) is 0 Å². The molecule has 0 aliphatic rings. The average Bonchev–Trinajstić information content (AvgIpc) is 2.62. The molecule has 23 heavy (non-hydrogen) atoms. The Kier molecular flexibility index (Phi) is 7.66. The summed E-state index contributed by atoms with van der Waals surface area (Å²) in [4.78, 5) is 0. The third-order valence-electron chi connectivity index (χ3n) is 4.12. The molecule has 0 saturated heterocycles. The van der Waals surface area contributed by atoms with Crippen LogP contribution in [0.3, 0.4) is 0 Å². The van der Waals surface area contributed by atoms with Crippen LogP contribution in [0.4, 0.5) is 0 Å². The van der Waals surface area contributed by atoms with Crippen molar-refractivity contribution in [3.05, 3.63) is 71.8 Å². The molecule has 3 unspecified atom stereocenters. The lowest BCUT2D eigenvalue weighted by molar-refractivity contribution is 0.113. The maximum absolute atomic E-state index is 9.53. The highest BCUT2D eigenvalue weighted by Gasteiger charge is 2.17. The predicted molar refractivity (Wildman–Crippen MR) is 99.1 cm³/mol. The molecule has 3 heteroatoms. The van der Waals surface area contributed by atoms with Crippen LogP contribution in [0.25, 0.3) is 0 Å². The lowest BCUT2D eigenvalue weighted by atomic mass is 9.87. The molecule has 2 N–H and O–H groups in total. The second-order valence-electron chi connectivity index (χ2n) is 6.03. The first-order valence-corrected chi connectivity index (χ1v) is 9.32. The van der Waals surface area contributed by atoms with Gasteiger partial charge in [-0.15, -0.1) is 0 Å². The Labute approximate surface area is 143 Å². The van der Waals surface area contributed by atoms with Gasteiger partial charge in [0.1, 0.15) is 0 Å². The van der Waals surface area contributed by atoms with E-state index in [-0.39, 0.29) is 6.61 Å². The number of hydrogen-bond donors (Lipinski definition) is 2. The van der Waals surface area contributed by atoms with Crippen molar-refractivity contribution in [2.45, 2.75) is 31.3 Å². The van der Waals surface area contributed by atoms with Gasteiger partial charge in [0, 0.05) is 11.5 Å². The molecule has 3 atom stereocenters. The van der Waals surface area contributed by atoms with E-state index in [0.717, 1.165) is 12.2 Å². The summed E-state index contributed by atoms with van der Waals surface area (Å²) in [6, 6.07) is 21.2. The van der Waals surface area contributed by atoms with Crippen LogP contribution in [-0.2, 0) is 0 Å². The second-order valence-corrected chi connectivity index (χ2v) is 7.10. The first-order valence-electron chi connectivity index (χ1n) is 8.17. The number of thioether (sulfide) groups is 1. The number of aliphatic hydroxyl groups is 2. The van der Waals surface area contributed by atoms with E-state index >= 15 is 0 Å². The molecule has 0 aliphatic heterocycles. The summed E-state index contributed by atoms with van der Waals surface area (Å²) in [7, 11) is 0. The summed E-state index contributed by atoms with van der Waals surface area (Å²) >= 11 is 1.72. The summed E-state index contributed by atoms with van der Waals surface area (Å²) in [5.41, 5.74) is 2.72. The molecule has 0 heterocycles. The zero-order valence-corrected chi connectivity index (χ0v) is 14.5. The van der Waals surface area contributed by atoms with Crippen molar-refractivity contribution in [3.63, 3.8) is 0 Å². The fraction of sp³-hybridized carbons (Fsp3) is 0.400. The molecule has 0 fully saturated rings. The summed E-state index contributed by atoms with van der Waals surface area (Å²) in [6.07, 6.45) is 0.457. The zero-order chi connectivity index (χ0) is 16.5. The topological polar surface area (TPSA) is 40.5 Å². The lowest BCUT2D eigenvalue weighted by Crippen LogP contribution is -2.16. The van der Waals surface area contributed by atoms with Gasteiger partial charge in [0.25, 0.3) is 0 Å². The van der Waals surface area contributed by atoms with Gasteiger partial charge in [-0.05, 0) is 29.4 Å². The minimum atomic E-state index is -0.622. The van der Waals surface area contributed by atoms with Gasteiger partial charge in [0.2, 0.25) is 0 Å². The highest BCUT2D eigenvalue weighted by Crippen LogP contribution is 2.32. The summed E-state index contributed by atoms with van der Waals surface area (Å²) in [5.74, 6) is 2.48. The van der Waals surface area contributed by atoms with Crippen LogP contribution in [0.5, 0.6) is 0 Å². The van der Waals surface area contributed by atoms with E-state index in [2.05, 4.69) is 61.5 Å². The van der Waals surface area contributed by atoms with Crippen molar-refractivity contribution in [3.8, 4) is 0 Å². The van der Waals surface area contributed by atoms with Crippen molar-refractivity contribution in [1.29, 1.82) is 0 Å². The molecule has 2 nitrogen and oxygen atoms in total. The van der Waals surface area contributed by atoms with Crippen LogP contribution in [0.15, 0.2) is 60.7 Å². The van der Waals surface area contributed by atoms with Crippen LogP contribution in [0.1, 0.15) is 36.3 Å². The fourth-order valence-corrected chi connectivity index (χ4v) is 3.90. The molecule has 2 rings (SSSR count). The van der Waals surface area contributed by atoms with Gasteiger partial charge in [-0.25, -0.2) is 0 Å².